The van der Waals surface area contributed by atoms with E-state index in [2.05, 4.69) is 15.6 Å². The number of primary amides is 1. The summed E-state index contributed by atoms with van der Waals surface area (Å²) < 4.78 is 0. The number of H-pyrrole nitrogens is 1. The summed E-state index contributed by atoms with van der Waals surface area (Å²) in [6.07, 6.45) is 4.14. The Labute approximate surface area is 105 Å². The van der Waals surface area contributed by atoms with Gasteiger partial charge in [-0.05, 0) is 31.9 Å². The molecule has 5 N–H and O–H groups in total. The first-order chi connectivity index (χ1) is 8.57. The third-order valence-electron chi connectivity index (χ3n) is 3.49. The van der Waals surface area contributed by atoms with Crippen LogP contribution in [0.5, 0.6) is 0 Å². The number of nitrogens with one attached hydrogen (secondary N) is 3. The van der Waals surface area contributed by atoms with E-state index in [4.69, 9.17) is 5.73 Å². The van der Waals surface area contributed by atoms with Crippen LogP contribution in [0, 0.1) is 0 Å². The smallest absolute Gasteiger partial charge is 0.265 e. The highest BCUT2D eigenvalue weighted by Gasteiger charge is 2.39. The first kappa shape index (κ1) is 12.6. The number of aromatic amines is 1. The van der Waals surface area contributed by atoms with Crippen LogP contribution in [0.3, 0.4) is 0 Å². The molecule has 0 radical (unpaired) electrons. The fourth-order valence-corrected chi connectivity index (χ4v) is 2.32. The van der Waals surface area contributed by atoms with Crippen LogP contribution in [0.4, 0.5) is 5.69 Å². The van der Waals surface area contributed by atoms with Crippen molar-refractivity contribution in [1.29, 1.82) is 0 Å². The van der Waals surface area contributed by atoms with Gasteiger partial charge in [-0.15, -0.1) is 0 Å². The number of amides is 2. The summed E-state index contributed by atoms with van der Waals surface area (Å²) in [5.74, 6) is -0.600. The fourth-order valence-electron chi connectivity index (χ4n) is 2.32. The molecule has 1 aromatic rings. The van der Waals surface area contributed by atoms with Gasteiger partial charge in [-0.2, -0.15) is 0 Å². The van der Waals surface area contributed by atoms with Crippen molar-refractivity contribution in [2.45, 2.75) is 31.7 Å². The summed E-state index contributed by atoms with van der Waals surface area (Å²) in [5, 5.41) is 6.07. The molecule has 1 fully saturated rings. The van der Waals surface area contributed by atoms with Crippen LogP contribution < -0.4 is 16.4 Å². The van der Waals surface area contributed by atoms with Crippen molar-refractivity contribution in [3.05, 3.63) is 18.0 Å². The van der Waals surface area contributed by atoms with E-state index in [1.165, 1.54) is 0 Å². The molecule has 18 heavy (non-hydrogen) atoms. The van der Waals surface area contributed by atoms with Crippen LogP contribution >= 0.6 is 0 Å². The van der Waals surface area contributed by atoms with Gasteiger partial charge in [-0.25, -0.2) is 0 Å². The lowest BCUT2D eigenvalue weighted by Crippen LogP contribution is -2.50. The van der Waals surface area contributed by atoms with E-state index in [1.807, 2.05) is 6.92 Å². The molecule has 2 amide bonds. The topological polar surface area (TPSA) is 100 Å². The summed E-state index contributed by atoms with van der Waals surface area (Å²) in [5.41, 5.74) is 5.51. The molecule has 1 aliphatic rings. The number of nitrogens with two attached hydrogens (primary N) is 1. The Kier molecular flexibility index (Phi) is 3.38. The molecule has 1 aliphatic heterocycles. The zero-order valence-corrected chi connectivity index (χ0v) is 10.4. The molecule has 1 unspecified atom stereocenters. The number of hydrogen-bond donors (Lipinski definition) is 4. The first-order valence-electron chi connectivity index (χ1n) is 6.12. The van der Waals surface area contributed by atoms with Crippen molar-refractivity contribution >= 4 is 17.5 Å². The van der Waals surface area contributed by atoms with E-state index in [0.29, 0.717) is 5.69 Å². The second kappa shape index (κ2) is 4.81. The van der Waals surface area contributed by atoms with E-state index in [-0.39, 0.29) is 11.6 Å². The van der Waals surface area contributed by atoms with Gasteiger partial charge in [0.05, 0.1) is 11.2 Å². The minimum Gasteiger partial charge on any atom is -0.364 e. The number of hydrogen-bond acceptors (Lipinski definition) is 3. The third-order valence-corrected chi connectivity index (χ3v) is 3.49. The van der Waals surface area contributed by atoms with Crippen LogP contribution in [0.15, 0.2) is 12.3 Å². The number of aromatic nitrogens is 1. The van der Waals surface area contributed by atoms with Gasteiger partial charge in [0.1, 0.15) is 5.69 Å². The Bertz CT molecular complexity index is 460. The maximum absolute atomic E-state index is 12.2. The van der Waals surface area contributed by atoms with E-state index in [9.17, 15) is 9.59 Å². The molecule has 0 spiro atoms. The molecule has 0 aliphatic carbocycles. The Morgan fingerprint density at radius 1 is 1.56 bits per heavy atom. The number of anilines is 1. The van der Waals surface area contributed by atoms with Crippen LogP contribution in [0.25, 0.3) is 0 Å². The average Bonchev–Trinajstić information content (AvgIpc) is 2.97. The monoisotopic (exact) mass is 250 g/mol. The third kappa shape index (κ3) is 2.24. The largest absolute Gasteiger partial charge is 0.364 e. The predicted octanol–water partition coefficient (Wildman–Crippen LogP) is 0.584. The molecule has 98 valence electrons. The standard InChI is InChI=1S/C12H18N4O2/c1-2-12(4-3-5-15-12)11(18)16-8-6-9(10(13)17)14-7-8/h6-7,14-15H,2-5H2,1H3,(H2,13,17)(H,16,18). The van der Waals surface area contributed by atoms with Crippen molar-refractivity contribution in [2.75, 3.05) is 11.9 Å². The van der Waals surface area contributed by atoms with Gasteiger partial charge in [-0.1, -0.05) is 6.92 Å². The Morgan fingerprint density at radius 3 is 2.83 bits per heavy atom. The second-order valence-corrected chi connectivity index (χ2v) is 4.59. The van der Waals surface area contributed by atoms with E-state index in [0.717, 1.165) is 25.8 Å². The molecule has 1 atom stereocenters. The Hall–Kier alpha value is -1.82. The van der Waals surface area contributed by atoms with E-state index < -0.39 is 11.4 Å². The average molecular weight is 250 g/mol. The number of carbonyl (C=O) groups is 2. The summed E-state index contributed by atoms with van der Waals surface area (Å²) >= 11 is 0. The molecular formula is C12H18N4O2. The molecule has 1 saturated heterocycles. The zero-order chi connectivity index (χ0) is 13.2. The van der Waals surface area contributed by atoms with Gasteiger partial charge in [0, 0.05) is 6.20 Å². The van der Waals surface area contributed by atoms with Crippen molar-refractivity contribution < 1.29 is 9.59 Å². The second-order valence-electron chi connectivity index (χ2n) is 4.59. The highest BCUT2D eigenvalue weighted by atomic mass is 16.2. The van der Waals surface area contributed by atoms with Crippen molar-refractivity contribution in [1.82, 2.24) is 10.3 Å². The minimum atomic E-state index is -0.542. The van der Waals surface area contributed by atoms with E-state index in [1.54, 1.807) is 12.3 Å². The zero-order valence-electron chi connectivity index (χ0n) is 10.4. The highest BCUT2D eigenvalue weighted by molar-refractivity contribution is 5.99. The summed E-state index contributed by atoms with van der Waals surface area (Å²) in [6.45, 7) is 2.85. The maximum Gasteiger partial charge on any atom is 0.265 e. The van der Waals surface area contributed by atoms with Gasteiger partial charge in [0.2, 0.25) is 5.91 Å². The quantitative estimate of drug-likeness (QED) is 0.629. The van der Waals surface area contributed by atoms with Gasteiger partial charge in [0.15, 0.2) is 0 Å². The molecule has 0 bridgehead atoms. The molecule has 6 nitrogen and oxygen atoms in total. The molecular weight excluding hydrogens is 232 g/mol. The van der Waals surface area contributed by atoms with Crippen molar-refractivity contribution in [2.24, 2.45) is 5.73 Å². The van der Waals surface area contributed by atoms with Crippen LogP contribution in [-0.2, 0) is 4.79 Å². The SMILES string of the molecule is CCC1(C(=O)Nc2c[nH]c(C(N)=O)c2)CCCN1. The normalized spacial score (nSPS) is 22.9. The maximum atomic E-state index is 12.2. The number of rotatable bonds is 4. The Balaban J connectivity index is 2.08. The first-order valence-corrected chi connectivity index (χ1v) is 6.12. The molecule has 6 heteroatoms. The molecule has 0 aromatic carbocycles. The highest BCUT2D eigenvalue weighted by Crippen LogP contribution is 2.25. The minimum absolute atomic E-state index is 0.0579. The Morgan fingerprint density at radius 2 is 2.33 bits per heavy atom. The molecule has 0 saturated carbocycles. The van der Waals surface area contributed by atoms with Crippen LogP contribution in [0.2, 0.25) is 0 Å². The van der Waals surface area contributed by atoms with E-state index >= 15 is 0 Å². The van der Waals surface area contributed by atoms with Gasteiger partial charge in [0.25, 0.3) is 5.91 Å². The van der Waals surface area contributed by atoms with Crippen LogP contribution in [-0.4, -0.2) is 28.9 Å². The van der Waals surface area contributed by atoms with Crippen molar-refractivity contribution in [3.63, 3.8) is 0 Å². The lowest BCUT2D eigenvalue weighted by molar-refractivity contribution is -0.122. The lowest BCUT2D eigenvalue weighted by Gasteiger charge is -2.26. The summed E-state index contributed by atoms with van der Waals surface area (Å²) in [7, 11) is 0. The van der Waals surface area contributed by atoms with Crippen molar-refractivity contribution in [3.8, 4) is 0 Å². The summed E-state index contributed by atoms with van der Waals surface area (Å²) in [4.78, 5) is 25.9. The van der Waals surface area contributed by atoms with Gasteiger partial charge >= 0.3 is 0 Å². The number of carbonyl (C=O) groups excluding carboxylic acids is 2. The van der Waals surface area contributed by atoms with Gasteiger partial charge in [-0.3, -0.25) is 9.59 Å². The van der Waals surface area contributed by atoms with Gasteiger partial charge < -0.3 is 21.4 Å². The summed E-state index contributed by atoms with van der Waals surface area (Å²) in [6, 6.07) is 1.54. The predicted molar refractivity (Wildman–Crippen MR) is 68.2 cm³/mol. The molecule has 1 aromatic heterocycles. The molecule has 2 heterocycles. The van der Waals surface area contributed by atoms with Crippen LogP contribution in [0.1, 0.15) is 36.7 Å². The fraction of sp³-hybridized carbons (Fsp3) is 0.500. The lowest BCUT2D eigenvalue weighted by atomic mass is 9.93. The molecule has 2 rings (SSSR count).